The highest BCUT2D eigenvalue weighted by molar-refractivity contribution is 5.34. The van der Waals surface area contributed by atoms with Gasteiger partial charge in [0.05, 0.1) is 6.10 Å². The molecule has 0 aliphatic rings. The van der Waals surface area contributed by atoms with Gasteiger partial charge in [0, 0.05) is 6.54 Å². The largest absolute Gasteiger partial charge is 0.387 e. The highest BCUT2D eigenvalue weighted by Gasteiger charge is 2.10. The average Bonchev–Trinajstić information content (AvgIpc) is 2.21. The van der Waals surface area contributed by atoms with Crippen LogP contribution in [0, 0.1) is 19.8 Å². The van der Waals surface area contributed by atoms with Gasteiger partial charge in [0.25, 0.3) is 0 Å². The molecular weight excluding hydrogens is 198 g/mol. The maximum Gasteiger partial charge on any atom is 0.0917 e. The minimum absolute atomic E-state index is 0.404. The molecule has 1 aromatic carbocycles. The molecule has 0 aliphatic heterocycles. The third-order valence-corrected chi connectivity index (χ3v) is 2.90. The molecular formula is C14H23NO. The van der Waals surface area contributed by atoms with Crippen LogP contribution in [-0.2, 0) is 0 Å². The van der Waals surface area contributed by atoms with Gasteiger partial charge in [0.1, 0.15) is 0 Å². The van der Waals surface area contributed by atoms with Crippen molar-refractivity contribution in [2.24, 2.45) is 5.92 Å². The minimum atomic E-state index is -0.404. The molecule has 2 heteroatoms. The average molecular weight is 221 g/mol. The van der Waals surface area contributed by atoms with Crippen molar-refractivity contribution < 1.29 is 5.11 Å². The van der Waals surface area contributed by atoms with Crippen LogP contribution in [0.2, 0.25) is 0 Å². The van der Waals surface area contributed by atoms with Gasteiger partial charge in [-0.1, -0.05) is 32.0 Å². The van der Waals surface area contributed by atoms with E-state index in [4.69, 9.17) is 0 Å². The molecule has 0 fully saturated rings. The zero-order valence-electron chi connectivity index (χ0n) is 10.7. The lowest BCUT2D eigenvalue weighted by atomic mass is 9.99. The van der Waals surface area contributed by atoms with E-state index < -0.39 is 6.10 Å². The molecule has 1 atom stereocenters. The summed E-state index contributed by atoms with van der Waals surface area (Å²) < 4.78 is 0. The molecule has 0 radical (unpaired) electrons. The maximum absolute atomic E-state index is 10.1. The standard InChI is InChI=1S/C14H23NO/c1-10(2)8-15-9-14(16)13-7-5-6-11(3)12(13)4/h5-7,10,14-16H,8-9H2,1-4H3. The molecule has 0 bridgehead atoms. The predicted octanol–water partition coefficient (Wildman–Crippen LogP) is 2.58. The molecule has 1 unspecified atom stereocenters. The summed E-state index contributed by atoms with van der Waals surface area (Å²) in [5, 5.41) is 13.4. The summed E-state index contributed by atoms with van der Waals surface area (Å²) >= 11 is 0. The second-order valence-corrected chi connectivity index (χ2v) is 4.86. The van der Waals surface area contributed by atoms with E-state index in [0.29, 0.717) is 12.5 Å². The van der Waals surface area contributed by atoms with Crippen molar-refractivity contribution in [2.75, 3.05) is 13.1 Å². The smallest absolute Gasteiger partial charge is 0.0917 e. The van der Waals surface area contributed by atoms with E-state index in [0.717, 1.165) is 12.1 Å². The number of rotatable bonds is 5. The molecule has 16 heavy (non-hydrogen) atoms. The SMILES string of the molecule is Cc1cccc(C(O)CNCC(C)C)c1C. The zero-order valence-corrected chi connectivity index (χ0v) is 10.7. The molecule has 0 saturated carbocycles. The first-order valence-electron chi connectivity index (χ1n) is 5.97. The Morgan fingerprint density at radius 3 is 2.50 bits per heavy atom. The summed E-state index contributed by atoms with van der Waals surface area (Å²) in [6, 6.07) is 6.08. The van der Waals surface area contributed by atoms with Gasteiger partial charge in [-0.15, -0.1) is 0 Å². The van der Waals surface area contributed by atoms with Crippen LogP contribution in [-0.4, -0.2) is 18.2 Å². The number of aliphatic hydroxyl groups is 1. The third-order valence-electron chi connectivity index (χ3n) is 2.90. The van der Waals surface area contributed by atoms with Gasteiger partial charge >= 0.3 is 0 Å². The Balaban J connectivity index is 2.59. The Kier molecular flexibility index (Phi) is 4.97. The van der Waals surface area contributed by atoms with Crippen LogP contribution in [0.4, 0.5) is 0 Å². The first-order valence-corrected chi connectivity index (χ1v) is 5.97. The number of nitrogens with one attached hydrogen (secondary N) is 1. The molecule has 0 saturated heterocycles. The van der Waals surface area contributed by atoms with Crippen molar-refractivity contribution in [1.29, 1.82) is 0 Å². The van der Waals surface area contributed by atoms with Crippen molar-refractivity contribution in [3.05, 3.63) is 34.9 Å². The molecule has 1 rings (SSSR count). The Morgan fingerprint density at radius 2 is 1.88 bits per heavy atom. The van der Waals surface area contributed by atoms with E-state index in [1.807, 2.05) is 12.1 Å². The fourth-order valence-corrected chi connectivity index (χ4v) is 1.75. The van der Waals surface area contributed by atoms with E-state index in [1.54, 1.807) is 0 Å². The van der Waals surface area contributed by atoms with E-state index >= 15 is 0 Å². The maximum atomic E-state index is 10.1. The van der Waals surface area contributed by atoms with Crippen molar-refractivity contribution in [3.8, 4) is 0 Å². The lowest BCUT2D eigenvalue weighted by Crippen LogP contribution is -2.25. The van der Waals surface area contributed by atoms with Crippen LogP contribution < -0.4 is 5.32 Å². The summed E-state index contributed by atoms with van der Waals surface area (Å²) in [5.74, 6) is 0.616. The van der Waals surface area contributed by atoms with E-state index in [9.17, 15) is 5.11 Å². The van der Waals surface area contributed by atoms with E-state index in [2.05, 4.69) is 39.1 Å². The number of hydrogen-bond donors (Lipinski definition) is 2. The fraction of sp³-hybridized carbons (Fsp3) is 0.571. The van der Waals surface area contributed by atoms with Crippen molar-refractivity contribution >= 4 is 0 Å². The third kappa shape index (κ3) is 3.62. The molecule has 2 N–H and O–H groups in total. The lowest BCUT2D eigenvalue weighted by molar-refractivity contribution is 0.172. The van der Waals surface area contributed by atoms with Gasteiger partial charge in [-0.05, 0) is 43.0 Å². The van der Waals surface area contributed by atoms with Crippen molar-refractivity contribution in [3.63, 3.8) is 0 Å². The monoisotopic (exact) mass is 221 g/mol. The van der Waals surface area contributed by atoms with Crippen molar-refractivity contribution in [1.82, 2.24) is 5.32 Å². The van der Waals surface area contributed by atoms with Crippen LogP contribution >= 0.6 is 0 Å². The molecule has 2 nitrogen and oxygen atoms in total. The van der Waals surface area contributed by atoms with Crippen LogP contribution in [0.15, 0.2) is 18.2 Å². The summed E-state index contributed by atoms with van der Waals surface area (Å²) in [5.41, 5.74) is 3.47. The van der Waals surface area contributed by atoms with E-state index in [1.165, 1.54) is 11.1 Å². The highest BCUT2D eigenvalue weighted by atomic mass is 16.3. The van der Waals surface area contributed by atoms with Crippen molar-refractivity contribution in [2.45, 2.75) is 33.8 Å². The number of benzene rings is 1. The minimum Gasteiger partial charge on any atom is -0.387 e. The molecule has 0 spiro atoms. The van der Waals surface area contributed by atoms with Crippen LogP contribution in [0.25, 0.3) is 0 Å². The molecule has 1 aromatic rings. The molecule has 0 aliphatic carbocycles. The lowest BCUT2D eigenvalue weighted by Gasteiger charge is -2.16. The van der Waals surface area contributed by atoms with Gasteiger partial charge in [0.2, 0.25) is 0 Å². The zero-order chi connectivity index (χ0) is 12.1. The number of aryl methyl sites for hydroxylation is 1. The summed E-state index contributed by atoms with van der Waals surface area (Å²) in [4.78, 5) is 0. The highest BCUT2D eigenvalue weighted by Crippen LogP contribution is 2.19. The summed E-state index contributed by atoms with van der Waals surface area (Å²) in [7, 11) is 0. The fourth-order valence-electron chi connectivity index (χ4n) is 1.75. The number of hydrogen-bond acceptors (Lipinski definition) is 2. The second kappa shape index (κ2) is 6.02. The van der Waals surface area contributed by atoms with Crippen LogP contribution in [0.5, 0.6) is 0 Å². The van der Waals surface area contributed by atoms with Gasteiger partial charge < -0.3 is 10.4 Å². The van der Waals surface area contributed by atoms with Gasteiger partial charge in [0.15, 0.2) is 0 Å². The molecule has 0 amide bonds. The first kappa shape index (κ1) is 13.2. The topological polar surface area (TPSA) is 32.3 Å². The summed E-state index contributed by atoms with van der Waals surface area (Å²) in [6.07, 6.45) is -0.404. The number of aliphatic hydroxyl groups excluding tert-OH is 1. The van der Waals surface area contributed by atoms with Gasteiger partial charge in [-0.25, -0.2) is 0 Å². The molecule has 0 heterocycles. The van der Waals surface area contributed by atoms with Crippen LogP contribution in [0.3, 0.4) is 0 Å². The Bertz CT molecular complexity index is 334. The molecule has 90 valence electrons. The van der Waals surface area contributed by atoms with Gasteiger partial charge in [-0.3, -0.25) is 0 Å². The van der Waals surface area contributed by atoms with Crippen LogP contribution in [0.1, 0.15) is 36.6 Å². The Hall–Kier alpha value is -0.860. The Morgan fingerprint density at radius 1 is 1.19 bits per heavy atom. The Labute approximate surface area is 98.7 Å². The summed E-state index contributed by atoms with van der Waals surface area (Å²) in [6.45, 7) is 10.0. The second-order valence-electron chi connectivity index (χ2n) is 4.86. The predicted molar refractivity (Wildman–Crippen MR) is 68.6 cm³/mol. The normalized spacial score (nSPS) is 13.1. The quantitative estimate of drug-likeness (QED) is 0.801. The van der Waals surface area contributed by atoms with Gasteiger partial charge in [-0.2, -0.15) is 0 Å². The van der Waals surface area contributed by atoms with E-state index in [-0.39, 0.29) is 0 Å². The molecule has 0 aromatic heterocycles. The first-order chi connectivity index (χ1) is 7.52.